The van der Waals surface area contributed by atoms with Crippen molar-refractivity contribution in [2.24, 2.45) is 5.92 Å². The third kappa shape index (κ3) is 4.56. The number of halogens is 1. The van der Waals surface area contributed by atoms with E-state index < -0.39 is 17.9 Å². The first-order chi connectivity index (χ1) is 8.02. The van der Waals surface area contributed by atoms with E-state index in [2.05, 4.69) is 20.7 Å². The number of carboxylic acids is 1. The summed E-state index contributed by atoms with van der Waals surface area (Å²) in [4.78, 5) is 22.1. The van der Waals surface area contributed by atoms with Gasteiger partial charge >= 0.3 is 11.9 Å². The zero-order chi connectivity index (χ0) is 12.8. The van der Waals surface area contributed by atoms with Crippen LogP contribution in [-0.2, 0) is 20.7 Å². The summed E-state index contributed by atoms with van der Waals surface area (Å²) in [5.41, 5.74) is 0.907. The second-order valence-corrected chi connectivity index (χ2v) is 4.56. The maximum Gasteiger partial charge on any atom is 0.309 e. The summed E-state index contributed by atoms with van der Waals surface area (Å²) in [6.07, 6.45) is 0.148. The molecule has 1 aromatic rings. The minimum atomic E-state index is -1.00. The number of carbonyl (C=O) groups excluding carboxylic acids is 1. The quantitative estimate of drug-likeness (QED) is 0.847. The number of esters is 1. The molecule has 0 radical (unpaired) electrons. The van der Waals surface area contributed by atoms with Gasteiger partial charge in [-0.1, -0.05) is 28.1 Å². The molecule has 1 unspecified atom stereocenters. The highest BCUT2D eigenvalue weighted by molar-refractivity contribution is 9.10. The standard InChI is InChI=1S/C12H13BrO4/c1-17-12(16)9(7-11(14)15)6-8-2-4-10(13)5-3-8/h2-5,9H,6-7H2,1H3,(H,14,15). The van der Waals surface area contributed by atoms with E-state index in [1.165, 1.54) is 7.11 Å². The van der Waals surface area contributed by atoms with Crippen LogP contribution in [0.5, 0.6) is 0 Å². The first kappa shape index (κ1) is 13.7. The van der Waals surface area contributed by atoms with Gasteiger partial charge in [0.05, 0.1) is 19.4 Å². The monoisotopic (exact) mass is 300 g/mol. The summed E-state index contributed by atoms with van der Waals surface area (Å²) in [5, 5.41) is 8.74. The minimum absolute atomic E-state index is 0.220. The van der Waals surface area contributed by atoms with Gasteiger partial charge in [-0.2, -0.15) is 0 Å². The van der Waals surface area contributed by atoms with Crippen molar-refractivity contribution >= 4 is 27.9 Å². The number of hydrogen-bond acceptors (Lipinski definition) is 3. The lowest BCUT2D eigenvalue weighted by molar-refractivity contribution is -0.150. The Bertz CT molecular complexity index is 399. The Morgan fingerprint density at radius 2 is 1.94 bits per heavy atom. The molecule has 1 rings (SSSR count). The molecule has 0 heterocycles. The van der Waals surface area contributed by atoms with Crippen LogP contribution in [0.2, 0.25) is 0 Å². The molecular weight excluding hydrogens is 288 g/mol. The normalized spacial score (nSPS) is 11.9. The van der Waals surface area contributed by atoms with E-state index >= 15 is 0 Å². The van der Waals surface area contributed by atoms with Crippen molar-refractivity contribution in [2.75, 3.05) is 7.11 Å². The highest BCUT2D eigenvalue weighted by atomic mass is 79.9. The van der Waals surface area contributed by atoms with Crippen molar-refractivity contribution < 1.29 is 19.4 Å². The number of rotatable bonds is 5. The van der Waals surface area contributed by atoms with Crippen LogP contribution in [0.25, 0.3) is 0 Å². The Balaban J connectivity index is 2.75. The van der Waals surface area contributed by atoms with E-state index in [1.807, 2.05) is 24.3 Å². The van der Waals surface area contributed by atoms with E-state index in [0.717, 1.165) is 10.0 Å². The molecule has 0 fully saturated rings. The average Bonchev–Trinajstić information content (AvgIpc) is 2.29. The molecule has 1 aromatic carbocycles. The molecule has 17 heavy (non-hydrogen) atoms. The molecule has 5 heteroatoms. The zero-order valence-corrected chi connectivity index (χ0v) is 10.9. The Labute approximate surface area is 108 Å². The number of carbonyl (C=O) groups is 2. The third-order valence-electron chi connectivity index (χ3n) is 2.35. The molecule has 0 aliphatic rings. The number of aliphatic carboxylic acids is 1. The van der Waals surface area contributed by atoms with Crippen LogP contribution in [0, 0.1) is 5.92 Å². The summed E-state index contributed by atoms with van der Waals surface area (Å²) < 4.78 is 5.54. The molecular formula is C12H13BrO4. The zero-order valence-electron chi connectivity index (χ0n) is 9.35. The van der Waals surface area contributed by atoms with Gasteiger partial charge in [0.1, 0.15) is 0 Å². The molecule has 0 saturated heterocycles. The van der Waals surface area contributed by atoms with Gasteiger partial charge in [0.2, 0.25) is 0 Å². The molecule has 0 bridgehead atoms. The van der Waals surface area contributed by atoms with Gasteiger partial charge in [-0.25, -0.2) is 0 Å². The van der Waals surface area contributed by atoms with Crippen LogP contribution in [0.4, 0.5) is 0 Å². The molecule has 4 nitrogen and oxygen atoms in total. The van der Waals surface area contributed by atoms with E-state index in [4.69, 9.17) is 5.11 Å². The van der Waals surface area contributed by atoms with Crippen molar-refractivity contribution in [2.45, 2.75) is 12.8 Å². The summed E-state index contributed by atoms with van der Waals surface area (Å²) in [6, 6.07) is 7.40. The van der Waals surface area contributed by atoms with Crippen molar-refractivity contribution in [1.29, 1.82) is 0 Å². The summed E-state index contributed by atoms with van der Waals surface area (Å²) >= 11 is 3.31. The van der Waals surface area contributed by atoms with Crippen molar-refractivity contribution in [3.63, 3.8) is 0 Å². The van der Waals surface area contributed by atoms with Crippen molar-refractivity contribution in [3.05, 3.63) is 34.3 Å². The van der Waals surface area contributed by atoms with Gasteiger partial charge in [-0.15, -0.1) is 0 Å². The van der Waals surface area contributed by atoms with E-state index in [0.29, 0.717) is 6.42 Å². The molecule has 0 aromatic heterocycles. The third-order valence-corrected chi connectivity index (χ3v) is 2.88. The molecule has 0 aliphatic heterocycles. The lowest BCUT2D eigenvalue weighted by Gasteiger charge is -2.12. The van der Waals surface area contributed by atoms with Crippen LogP contribution in [-0.4, -0.2) is 24.2 Å². The molecule has 0 aliphatic carbocycles. The van der Waals surface area contributed by atoms with E-state index in [9.17, 15) is 9.59 Å². The Hall–Kier alpha value is -1.36. The predicted molar refractivity (Wildman–Crippen MR) is 65.6 cm³/mol. The second kappa shape index (κ2) is 6.39. The molecule has 0 saturated carbocycles. The number of benzene rings is 1. The van der Waals surface area contributed by atoms with Crippen LogP contribution in [0.15, 0.2) is 28.7 Å². The highest BCUT2D eigenvalue weighted by Crippen LogP contribution is 2.17. The van der Waals surface area contributed by atoms with Crippen LogP contribution < -0.4 is 0 Å². The van der Waals surface area contributed by atoms with Crippen molar-refractivity contribution in [1.82, 2.24) is 0 Å². The lowest BCUT2D eigenvalue weighted by Crippen LogP contribution is -2.22. The van der Waals surface area contributed by atoms with E-state index in [1.54, 1.807) is 0 Å². The minimum Gasteiger partial charge on any atom is -0.481 e. The predicted octanol–water partition coefficient (Wildman–Crippen LogP) is 2.26. The number of carboxylic acid groups (broad SMARTS) is 1. The maximum atomic E-state index is 11.4. The van der Waals surface area contributed by atoms with Gasteiger partial charge in [0.25, 0.3) is 0 Å². The lowest BCUT2D eigenvalue weighted by atomic mass is 9.96. The Morgan fingerprint density at radius 1 is 1.35 bits per heavy atom. The fraction of sp³-hybridized carbons (Fsp3) is 0.333. The topological polar surface area (TPSA) is 63.6 Å². The first-order valence-corrected chi connectivity index (χ1v) is 5.86. The SMILES string of the molecule is COC(=O)C(CC(=O)O)Cc1ccc(Br)cc1. The smallest absolute Gasteiger partial charge is 0.309 e. The number of methoxy groups -OCH3 is 1. The first-order valence-electron chi connectivity index (χ1n) is 5.07. The maximum absolute atomic E-state index is 11.4. The van der Waals surface area contributed by atoms with Crippen LogP contribution in [0.1, 0.15) is 12.0 Å². The Morgan fingerprint density at radius 3 is 2.41 bits per heavy atom. The summed E-state index contributed by atoms with van der Waals surface area (Å²) in [7, 11) is 1.26. The fourth-order valence-electron chi connectivity index (χ4n) is 1.52. The molecule has 92 valence electrons. The van der Waals surface area contributed by atoms with Crippen molar-refractivity contribution in [3.8, 4) is 0 Å². The van der Waals surface area contributed by atoms with Gasteiger partial charge < -0.3 is 9.84 Å². The number of ether oxygens (including phenoxy) is 1. The highest BCUT2D eigenvalue weighted by Gasteiger charge is 2.22. The fourth-order valence-corrected chi connectivity index (χ4v) is 1.79. The van der Waals surface area contributed by atoms with Gasteiger partial charge in [0.15, 0.2) is 0 Å². The van der Waals surface area contributed by atoms with Crippen LogP contribution in [0.3, 0.4) is 0 Å². The number of hydrogen-bond donors (Lipinski definition) is 1. The Kier molecular flexibility index (Phi) is 5.15. The average molecular weight is 301 g/mol. The second-order valence-electron chi connectivity index (χ2n) is 3.65. The van der Waals surface area contributed by atoms with Gasteiger partial charge in [-0.3, -0.25) is 9.59 Å². The molecule has 0 amide bonds. The molecule has 1 N–H and O–H groups in total. The van der Waals surface area contributed by atoms with Gasteiger partial charge in [-0.05, 0) is 24.1 Å². The largest absolute Gasteiger partial charge is 0.481 e. The summed E-state index contributed by atoms with van der Waals surface area (Å²) in [6.45, 7) is 0. The van der Waals surface area contributed by atoms with E-state index in [-0.39, 0.29) is 6.42 Å². The molecule has 0 spiro atoms. The van der Waals surface area contributed by atoms with Crippen LogP contribution >= 0.6 is 15.9 Å². The van der Waals surface area contributed by atoms with Gasteiger partial charge in [0, 0.05) is 4.47 Å². The molecule has 1 atom stereocenters. The summed E-state index contributed by atoms with van der Waals surface area (Å²) in [5.74, 6) is -2.13.